The van der Waals surface area contributed by atoms with E-state index in [9.17, 15) is 4.79 Å². The standard InChI is InChI=1S/C11H11N3O4/c1-3-17-11(15)10-13-9(14-18-10)7-4-5-8(16-2)12-6-7/h4-6H,3H2,1-2H3. The fourth-order valence-electron chi connectivity index (χ4n) is 1.25. The lowest BCUT2D eigenvalue weighted by molar-refractivity contribution is 0.0470. The van der Waals surface area contributed by atoms with E-state index in [2.05, 4.69) is 15.1 Å². The summed E-state index contributed by atoms with van der Waals surface area (Å²) < 4.78 is 14.5. The third-order valence-corrected chi connectivity index (χ3v) is 2.08. The van der Waals surface area contributed by atoms with Crippen molar-refractivity contribution in [1.29, 1.82) is 0 Å². The van der Waals surface area contributed by atoms with Gasteiger partial charge in [-0.2, -0.15) is 4.98 Å². The molecule has 7 heteroatoms. The number of aromatic nitrogens is 3. The van der Waals surface area contributed by atoms with E-state index in [1.807, 2.05) is 0 Å². The lowest BCUT2D eigenvalue weighted by atomic mass is 10.3. The summed E-state index contributed by atoms with van der Waals surface area (Å²) in [6.07, 6.45) is 1.53. The molecular formula is C11H11N3O4. The second-order valence-electron chi connectivity index (χ2n) is 3.23. The van der Waals surface area contributed by atoms with Crippen LogP contribution in [0.1, 0.15) is 17.6 Å². The number of nitrogens with zero attached hydrogens (tertiary/aromatic N) is 3. The summed E-state index contributed by atoms with van der Waals surface area (Å²) in [6, 6.07) is 3.38. The van der Waals surface area contributed by atoms with Gasteiger partial charge in [0.05, 0.1) is 13.7 Å². The third-order valence-electron chi connectivity index (χ3n) is 2.08. The van der Waals surface area contributed by atoms with Crippen molar-refractivity contribution in [3.05, 3.63) is 24.2 Å². The fourth-order valence-corrected chi connectivity index (χ4v) is 1.25. The molecule has 18 heavy (non-hydrogen) atoms. The number of carbonyl (C=O) groups excluding carboxylic acids is 1. The molecule has 0 unspecified atom stereocenters. The number of carbonyl (C=O) groups is 1. The van der Waals surface area contributed by atoms with Crippen molar-refractivity contribution in [2.75, 3.05) is 13.7 Å². The number of hydrogen-bond donors (Lipinski definition) is 0. The van der Waals surface area contributed by atoms with Gasteiger partial charge in [-0.25, -0.2) is 9.78 Å². The highest BCUT2D eigenvalue weighted by Crippen LogP contribution is 2.17. The first-order valence-electron chi connectivity index (χ1n) is 5.26. The Hall–Kier alpha value is -2.44. The summed E-state index contributed by atoms with van der Waals surface area (Å²) in [6.45, 7) is 1.95. The Labute approximate surface area is 103 Å². The zero-order chi connectivity index (χ0) is 13.0. The van der Waals surface area contributed by atoms with Gasteiger partial charge in [-0.15, -0.1) is 0 Å². The molecule has 0 amide bonds. The number of hydrogen-bond acceptors (Lipinski definition) is 7. The van der Waals surface area contributed by atoms with Crippen LogP contribution >= 0.6 is 0 Å². The quantitative estimate of drug-likeness (QED) is 0.755. The molecule has 0 saturated carbocycles. The highest BCUT2D eigenvalue weighted by molar-refractivity contribution is 5.84. The fraction of sp³-hybridized carbons (Fsp3) is 0.273. The molecule has 0 saturated heterocycles. The molecule has 0 aromatic carbocycles. The van der Waals surface area contributed by atoms with Crippen LogP contribution in [0.3, 0.4) is 0 Å². The predicted octanol–water partition coefficient (Wildman–Crippen LogP) is 1.32. The van der Waals surface area contributed by atoms with E-state index in [1.165, 1.54) is 13.3 Å². The topological polar surface area (TPSA) is 87.3 Å². The van der Waals surface area contributed by atoms with E-state index in [0.29, 0.717) is 11.4 Å². The van der Waals surface area contributed by atoms with Crippen LogP contribution in [-0.2, 0) is 4.74 Å². The minimum Gasteiger partial charge on any atom is -0.481 e. The number of rotatable bonds is 4. The van der Waals surface area contributed by atoms with E-state index in [0.717, 1.165) is 0 Å². The van der Waals surface area contributed by atoms with Gasteiger partial charge in [0.15, 0.2) is 0 Å². The first-order chi connectivity index (χ1) is 8.74. The first kappa shape index (κ1) is 12.0. The summed E-state index contributed by atoms with van der Waals surface area (Å²) in [5, 5.41) is 3.68. The molecule has 0 bridgehead atoms. The zero-order valence-corrected chi connectivity index (χ0v) is 9.91. The first-order valence-corrected chi connectivity index (χ1v) is 5.26. The highest BCUT2D eigenvalue weighted by atomic mass is 16.6. The molecule has 7 nitrogen and oxygen atoms in total. The summed E-state index contributed by atoms with van der Waals surface area (Å²) in [4.78, 5) is 19.3. The number of pyridine rings is 1. The van der Waals surface area contributed by atoms with Crippen molar-refractivity contribution in [3.8, 4) is 17.3 Å². The van der Waals surface area contributed by atoms with Crippen molar-refractivity contribution in [2.45, 2.75) is 6.92 Å². The van der Waals surface area contributed by atoms with Crippen LogP contribution in [0, 0.1) is 0 Å². The van der Waals surface area contributed by atoms with Gasteiger partial charge in [0.25, 0.3) is 0 Å². The van der Waals surface area contributed by atoms with Crippen LogP contribution in [0.5, 0.6) is 5.88 Å². The van der Waals surface area contributed by atoms with E-state index < -0.39 is 5.97 Å². The molecule has 94 valence electrons. The number of esters is 1. The molecule has 0 aliphatic rings. The summed E-state index contributed by atoms with van der Waals surface area (Å²) in [5.41, 5.74) is 0.620. The predicted molar refractivity (Wildman–Crippen MR) is 60.0 cm³/mol. The third kappa shape index (κ3) is 2.45. The average Bonchev–Trinajstić information content (AvgIpc) is 2.89. The Morgan fingerprint density at radius 1 is 1.44 bits per heavy atom. The van der Waals surface area contributed by atoms with Crippen LogP contribution < -0.4 is 4.74 Å². The maximum absolute atomic E-state index is 11.3. The molecular weight excluding hydrogens is 238 g/mol. The van der Waals surface area contributed by atoms with Crippen LogP contribution in [-0.4, -0.2) is 34.8 Å². The zero-order valence-electron chi connectivity index (χ0n) is 9.91. The molecule has 0 atom stereocenters. The summed E-state index contributed by atoms with van der Waals surface area (Å²) in [7, 11) is 1.52. The maximum atomic E-state index is 11.3. The largest absolute Gasteiger partial charge is 0.481 e. The molecule has 0 radical (unpaired) electrons. The number of ether oxygens (including phenoxy) is 2. The second-order valence-corrected chi connectivity index (χ2v) is 3.23. The van der Waals surface area contributed by atoms with Crippen molar-refractivity contribution in [2.24, 2.45) is 0 Å². The second kappa shape index (κ2) is 5.26. The average molecular weight is 249 g/mol. The van der Waals surface area contributed by atoms with Gasteiger partial charge in [0.2, 0.25) is 11.7 Å². The molecule has 0 fully saturated rings. The molecule has 2 rings (SSSR count). The summed E-state index contributed by atoms with van der Waals surface area (Å²) in [5.74, 6) is -0.0681. The molecule has 2 heterocycles. The van der Waals surface area contributed by atoms with Crippen LogP contribution in [0.25, 0.3) is 11.4 Å². The van der Waals surface area contributed by atoms with E-state index in [1.54, 1.807) is 19.1 Å². The minimum absolute atomic E-state index is 0.178. The molecule has 0 aliphatic carbocycles. The van der Waals surface area contributed by atoms with Crippen molar-refractivity contribution < 1.29 is 18.8 Å². The molecule has 0 aliphatic heterocycles. The minimum atomic E-state index is -0.641. The highest BCUT2D eigenvalue weighted by Gasteiger charge is 2.17. The Balaban J connectivity index is 2.20. The Bertz CT molecular complexity index is 535. The lowest BCUT2D eigenvalue weighted by Crippen LogP contribution is -2.04. The maximum Gasteiger partial charge on any atom is 0.397 e. The number of methoxy groups -OCH3 is 1. The van der Waals surface area contributed by atoms with E-state index >= 15 is 0 Å². The normalized spacial score (nSPS) is 10.1. The van der Waals surface area contributed by atoms with Gasteiger partial charge in [0.1, 0.15) is 0 Å². The van der Waals surface area contributed by atoms with Crippen LogP contribution in [0.2, 0.25) is 0 Å². The van der Waals surface area contributed by atoms with Gasteiger partial charge in [-0.3, -0.25) is 0 Å². The van der Waals surface area contributed by atoms with Crippen molar-refractivity contribution >= 4 is 5.97 Å². The lowest BCUT2D eigenvalue weighted by Gasteiger charge is -1.97. The van der Waals surface area contributed by atoms with Crippen LogP contribution in [0.4, 0.5) is 0 Å². The smallest absolute Gasteiger partial charge is 0.397 e. The van der Waals surface area contributed by atoms with E-state index in [4.69, 9.17) is 14.0 Å². The summed E-state index contributed by atoms with van der Waals surface area (Å²) >= 11 is 0. The van der Waals surface area contributed by atoms with Gasteiger partial charge in [0, 0.05) is 17.8 Å². The van der Waals surface area contributed by atoms with Crippen LogP contribution in [0.15, 0.2) is 22.9 Å². The van der Waals surface area contributed by atoms with Gasteiger partial charge >= 0.3 is 11.9 Å². The van der Waals surface area contributed by atoms with E-state index in [-0.39, 0.29) is 18.3 Å². The van der Waals surface area contributed by atoms with Gasteiger partial charge in [-0.1, -0.05) is 5.16 Å². The SMILES string of the molecule is CCOC(=O)c1nc(-c2ccc(OC)nc2)no1. The van der Waals surface area contributed by atoms with Crippen molar-refractivity contribution in [3.63, 3.8) is 0 Å². The molecule has 0 spiro atoms. The Morgan fingerprint density at radius 3 is 2.89 bits per heavy atom. The Kier molecular flexibility index (Phi) is 3.52. The molecule has 0 N–H and O–H groups in total. The van der Waals surface area contributed by atoms with Gasteiger partial charge < -0.3 is 14.0 Å². The monoisotopic (exact) mass is 249 g/mol. The Morgan fingerprint density at radius 2 is 2.28 bits per heavy atom. The molecule has 2 aromatic rings. The molecule has 2 aromatic heterocycles. The van der Waals surface area contributed by atoms with Crippen molar-refractivity contribution in [1.82, 2.24) is 15.1 Å². The van der Waals surface area contributed by atoms with Gasteiger partial charge in [-0.05, 0) is 13.0 Å².